The molecule has 0 N–H and O–H groups in total. The van der Waals surface area contributed by atoms with Crippen LogP contribution in [0.25, 0.3) is 0 Å². The Morgan fingerprint density at radius 2 is 1.87 bits per heavy atom. The second-order valence-electron chi connectivity index (χ2n) is 3.19. The van der Waals surface area contributed by atoms with Crippen molar-refractivity contribution < 1.29 is 9.53 Å². The summed E-state index contributed by atoms with van der Waals surface area (Å²) in [5, 5.41) is 0.897. The van der Waals surface area contributed by atoms with Gasteiger partial charge >= 0.3 is 0 Å². The summed E-state index contributed by atoms with van der Waals surface area (Å²) in [7, 11) is 0. The quantitative estimate of drug-likeness (QED) is 0.743. The number of ketones is 1. The molecule has 4 heteroatoms. The number of allylic oxidation sites excluding steroid dienone is 1. The van der Waals surface area contributed by atoms with Crippen LogP contribution in [0, 0.1) is 0 Å². The van der Waals surface area contributed by atoms with Crippen LogP contribution in [-0.2, 0) is 4.74 Å². The average molecular weight is 243 g/mol. The number of carbonyl (C=O) groups is 1. The first-order valence-corrected chi connectivity index (χ1v) is 5.26. The molecule has 1 heterocycles. The minimum Gasteiger partial charge on any atom is -0.489 e. The Morgan fingerprint density at radius 3 is 2.40 bits per heavy atom. The number of ether oxygens (including phenoxy) is 1. The van der Waals surface area contributed by atoms with Gasteiger partial charge in [-0.3, -0.25) is 4.79 Å². The molecule has 0 saturated heterocycles. The molecule has 0 fully saturated rings. The first-order valence-electron chi connectivity index (χ1n) is 4.50. The van der Waals surface area contributed by atoms with Crippen molar-refractivity contribution in [2.75, 3.05) is 6.61 Å². The average Bonchev–Trinajstić information content (AvgIpc) is 2.67. The minimum absolute atomic E-state index is 0.170. The van der Waals surface area contributed by atoms with Gasteiger partial charge in [0.2, 0.25) is 5.78 Å². The number of rotatable bonds is 2. The molecule has 1 aliphatic heterocycles. The second-order valence-corrected chi connectivity index (χ2v) is 4.07. The molecule has 0 amide bonds. The number of carbonyl (C=O) groups excluding carboxylic acids is 1. The van der Waals surface area contributed by atoms with E-state index >= 15 is 0 Å². The van der Waals surface area contributed by atoms with Crippen molar-refractivity contribution in [2.45, 2.75) is 6.42 Å². The maximum Gasteiger partial charge on any atom is 0.227 e. The lowest BCUT2D eigenvalue weighted by Gasteiger charge is -2.03. The second kappa shape index (κ2) is 4.25. The lowest BCUT2D eigenvalue weighted by molar-refractivity contribution is 0.0942. The van der Waals surface area contributed by atoms with Gasteiger partial charge in [0.15, 0.2) is 5.76 Å². The molecule has 0 aliphatic carbocycles. The van der Waals surface area contributed by atoms with Gasteiger partial charge in [0.1, 0.15) is 0 Å². The molecule has 2 nitrogen and oxygen atoms in total. The maximum absolute atomic E-state index is 11.8. The van der Waals surface area contributed by atoms with Crippen molar-refractivity contribution in [1.29, 1.82) is 0 Å². The molecule has 1 aromatic rings. The van der Waals surface area contributed by atoms with Crippen molar-refractivity contribution in [1.82, 2.24) is 0 Å². The van der Waals surface area contributed by atoms with Gasteiger partial charge in [0, 0.05) is 22.0 Å². The predicted molar refractivity (Wildman–Crippen MR) is 59.4 cm³/mol. The van der Waals surface area contributed by atoms with Gasteiger partial charge in [-0.1, -0.05) is 23.2 Å². The van der Waals surface area contributed by atoms with Crippen LogP contribution < -0.4 is 0 Å². The van der Waals surface area contributed by atoms with Gasteiger partial charge < -0.3 is 4.74 Å². The van der Waals surface area contributed by atoms with Gasteiger partial charge in [-0.05, 0) is 24.3 Å². The van der Waals surface area contributed by atoms with Gasteiger partial charge in [-0.2, -0.15) is 0 Å². The topological polar surface area (TPSA) is 26.3 Å². The van der Waals surface area contributed by atoms with Crippen molar-refractivity contribution >= 4 is 29.0 Å². The van der Waals surface area contributed by atoms with Crippen LogP contribution in [0.2, 0.25) is 10.0 Å². The molecular formula is C11H8Cl2O2. The smallest absolute Gasteiger partial charge is 0.227 e. The van der Waals surface area contributed by atoms with Crippen LogP contribution >= 0.6 is 23.2 Å². The number of benzene rings is 1. The monoisotopic (exact) mass is 242 g/mol. The molecule has 2 rings (SSSR count). The highest BCUT2D eigenvalue weighted by Gasteiger charge is 2.17. The van der Waals surface area contributed by atoms with Crippen molar-refractivity contribution in [3.63, 3.8) is 0 Å². The molecule has 0 saturated carbocycles. The highest BCUT2D eigenvalue weighted by Crippen LogP contribution is 2.22. The molecule has 1 aliphatic rings. The third-order valence-electron chi connectivity index (χ3n) is 2.05. The lowest BCUT2D eigenvalue weighted by Crippen LogP contribution is -2.03. The largest absolute Gasteiger partial charge is 0.489 e. The van der Waals surface area contributed by atoms with E-state index in [1.54, 1.807) is 24.3 Å². The third-order valence-corrected chi connectivity index (χ3v) is 2.49. The summed E-state index contributed by atoms with van der Waals surface area (Å²) in [4.78, 5) is 11.8. The fourth-order valence-corrected chi connectivity index (χ4v) is 1.93. The Labute approximate surface area is 97.4 Å². The van der Waals surface area contributed by atoms with Crippen LogP contribution in [0.4, 0.5) is 0 Å². The summed E-state index contributed by atoms with van der Waals surface area (Å²) in [5.41, 5.74) is 0.459. The van der Waals surface area contributed by atoms with E-state index in [9.17, 15) is 4.79 Å². The zero-order chi connectivity index (χ0) is 10.8. The van der Waals surface area contributed by atoms with Crippen molar-refractivity contribution in [3.05, 3.63) is 45.6 Å². The van der Waals surface area contributed by atoms with E-state index in [2.05, 4.69) is 0 Å². The van der Waals surface area contributed by atoms with E-state index in [0.29, 0.717) is 28.0 Å². The highest BCUT2D eigenvalue weighted by atomic mass is 35.5. The normalized spacial score (nSPS) is 14.7. The van der Waals surface area contributed by atoms with Crippen LogP contribution in [-0.4, -0.2) is 12.4 Å². The third kappa shape index (κ3) is 2.33. The molecule has 78 valence electrons. The molecule has 1 aromatic carbocycles. The number of halogens is 2. The molecule has 0 unspecified atom stereocenters. The molecule has 0 radical (unpaired) electrons. The molecule has 0 spiro atoms. The predicted octanol–water partition coefficient (Wildman–Crippen LogP) is 3.48. The Hall–Kier alpha value is -0.990. The first kappa shape index (κ1) is 10.5. The summed E-state index contributed by atoms with van der Waals surface area (Å²) in [5.74, 6) is 0.213. The Bertz CT molecular complexity index is 418. The molecule has 0 aromatic heterocycles. The molecule has 0 atom stereocenters. The number of Topliss-reactive ketones (excluding diaryl/α,β-unsaturated/α-hetero) is 1. The SMILES string of the molecule is O=C(C1=CCCO1)c1cc(Cl)cc(Cl)c1. The molecular weight excluding hydrogens is 235 g/mol. The van der Waals surface area contributed by atoms with E-state index in [0.717, 1.165) is 6.42 Å². The minimum atomic E-state index is -0.170. The Kier molecular flexibility index (Phi) is 2.98. The van der Waals surface area contributed by atoms with Crippen LogP contribution in [0.5, 0.6) is 0 Å². The molecule has 15 heavy (non-hydrogen) atoms. The molecule has 0 bridgehead atoms. The number of hydrogen-bond acceptors (Lipinski definition) is 2. The van der Waals surface area contributed by atoms with E-state index in [4.69, 9.17) is 27.9 Å². The summed E-state index contributed by atoms with van der Waals surface area (Å²) in [6, 6.07) is 4.75. The lowest BCUT2D eigenvalue weighted by atomic mass is 10.1. The summed E-state index contributed by atoms with van der Waals surface area (Å²) < 4.78 is 5.17. The van der Waals surface area contributed by atoms with E-state index in [-0.39, 0.29) is 5.78 Å². The van der Waals surface area contributed by atoms with Crippen LogP contribution in [0.1, 0.15) is 16.8 Å². The van der Waals surface area contributed by atoms with Crippen LogP contribution in [0.3, 0.4) is 0 Å². The fourth-order valence-electron chi connectivity index (χ4n) is 1.40. The zero-order valence-electron chi connectivity index (χ0n) is 7.80. The maximum atomic E-state index is 11.8. The zero-order valence-corrected chi connectivity index (χ0v) is 9.31. The Balaban J connectivity index is 2.32. The highest BCUT2D eigenvalue weighted by molar-refractivity contribution is 6.35. The van der Waals surface area contributed by atoms with Crippen LogP contribution in [0.15, 0.2) is 30.0 Å². The number of hydrogen-bond donors (Lipinski definition) is 0. The van der Waals surface area contributed by atoms with E-state index < -0.39 is 0 Å². The summed E-state index contributed by atoms with van der Waals surface area (Å²) in [6.07, 6.45) is 2.55. The van der Waals surface area contributed by atoms with Crippen molar-refractivity contribution in [3.8, 4) is 0 Å². The standard InChI is InChI=1S/C11H8Cl2O2/c12-8-4-7(5-9(13)6-8)11(14)10-2-1-3-15-10/h2,4-6H,1,3H2. The summed E-state index contributed by atoms with van der Waals surface area (Å²) in [6.45, 7) is 0.565. The fraction of sp³-hybridized carbons (Fsp3) is 0.182. The summed E-state index contributed by atoms with van der Waals surface area (Å²) >= 11 is 11.6. The van der Waals surface area contributed by atoms with Gasteiger partial charge in [0.25, 0.3) is 0 Å². The van der Waals surface area contributed by atoms with Gasteiger partial charge in [-0.25, -0.2) is 0 Å². The first-order chi connectivity index (χ1) is 7.16. The van der Waals surface area contributed by atoms with Gasteiger partial charge in [0.05, 0.1) is 6.61 Å². The van der Waals surface area contributed by atoms with E-state index in [1.807, 2.05) is 0 Å². The van der Waals surface area contributed by atoms with Crippen molar-refractivity contribution in [2.24, 2.45) is 0 Å². The van der Waals surface area contributed by atoms with E-state index in [1.165, 1.54) is 0 Å². The van der Waals surface area contributed by atoms with Gasteiger partial charge in [-0.15, -0.1) is 0 Å². The Morgan fingerprint density at radius 1 is 1.20 bits per heavy atom.